The molecule has 1 atom stereocenters. The van der Waals surface area contributed by atoms with E-state index in [0.717, 1.165) is 25.9 Å². The van der Waals surface area contributed by atoms with Crippen LogP contribution in [0.2, 0.25) is 0 Å². The standard InChI is InChI=1S/C32H35N3O7S/c1-5-40-25-16-21(12-13-24(25)42-19-27(36)34-14-7-8-15-34)17-26-30(37)35-29(22-10-9-11-23(18-22)39-4)28(31(38)41-6-2)20(3)33-32(35)43-26/h9-13,16-18,29H,5-8,14-15,19H2,1-4H3/b26-17+/t29-/m0/s1. The lowest BCUT2D eigenvalue weighted by atomic mass is 9.95. The van der Waals surface area contributed by atoms with Crippen molar-refractivity contribution in [1.82, 2.24) is 9.47 Å². The van der Waals surface area contributed by atoms with Gasteiger partial charge in [-0.1, -0.05) is 29.5 Å². The third kappa shape index (κ3) is 6.36. The number of carbonyl (C=O) groups excluding carboxylic acids is 2. The lowest BCUT2D eigenvalue weighted by molar-refractivity contribution is -0.139. The third-order valence-electron chi connectivity index (χ3n) is 7.30. The predicted molar refractivity (Wildman–Crippen MR) is 162 cm³/mol. The molecule has 5 rings (SSSR count). The number of carbonyl (C=O) groups is 2. The van der Waals surface area contributed by atoms with Crippen LogP contribution >= 0.6 is 11.3 Å². The van der Waals surface area contributed by atoms with E-state index in [1.807, 2.05) is 30.0 Å². The van der Waals surface area contributed by atoms with E-state index in [9.17, 15) is 14.4 Å². The Balaban J connectivity index is 1.53. The number of hydrogen-bond acceptors (Lipinski definition) is 9. The quantitative estimate of drug-likeness (QED) is 0.327. The van der Waals surface area contributed by atoms with E-state index < -0.39 is 12.0 Å². The van der Waals surface area contributed by atoms with Gasteiger partial charge in [0.1, 0.15) is 5.75 Å². The first-order valence-corrected chi connectivity index (χ1v) is 15.2. The molecule has 0 bridgehead atoms. The summed E-state index contributed by atoms with van der Waals surface area (Å²) in [7, 11) is 1.57. The molecule has 3 aromatic rings. The monoisotopic (exact) mass is 605 g/mol. The summed E-state index contributed by atoms with van der Waals surface area (Å²) in [5, 5.41) is 0. The molecule has 0 aliphatic carbocycles. The van der Waals surface area contributed by atoms with Crippen LogP contribution in [0, 0.1) is 0 Å². The van der Waals surface area contributed by atoms with Gasteiger partial charge in [0.15, 0.2) is 22.9 Å². The minimum atomic E-state index is -0.740. The summed E-state index contributed by atoms with van der Waals surface area (Å²) >= 11 is 1.24. The first kappa shape index (κ1) is 30.1. The molecule has 0 N–H and O–H groups in total. The Bertz CT molecular complexity index is 1730. The topological polar surface area (TPSA) is 109 Å². The van der Waals surface area contributed by atoms with Crippen molar-refractivity contribution < 1.29 is 28.5 Å². The Morgan fingerprint density at radius 1 is 1.05 bits per heavy atom. The van der Waals surface area contributed by atoms with Crippen molar-refractivity contribution >= 4 is 29.3 Å². The number of aromatic nitrogens is 1. The molecular formula is C32H35N3O7S. The Morgan fingerprint density at radius 3 is 2.56 bits per heavy atom. The van der Waals surface area contributed by atoms with Gasteiger partial charge in [-0.2, -0.15) is 0 Å². The Labute approximate surface area is 253 Å². The molecule has 0 radical (unpaired) electrons. The van der Waals surface area contributed by atoms with Gasteiger partial charge >= 0.3 is 5.97 Å². The highest BCUT2D eigenvalue weighted by atomic mass is 32.1. The first-order chi connectivity index (χ1) is 20.8. The third-order valence-corrected chi connectivity index (χ3v) is 8.28. The minimum Gasteiger partial charge on any atom is -0.497 e. The van der Waals surface area contributed by atoms with Crippen LogP contribution in [0.15, 0.2) is 63.5 Å². The molecule has 2 aliphatic heterocycles. The van der Waals surface area contributed by atoms with Crippen LogP contribution in [0.4, 0.5) is 0 Å². The smallest absolute Gasteiger partial charge is 0.338 e. The molecule has 2 aliphatic rings. The number of fused-ring (bicyclic) bond motifs is 1. The molecule has 1 aromatic heterocycles. The van der Waals surface area contributed by atoms with E-state index in [-0.39, 0.29) is 24.7 Å². The normalized spacial score (nSPS) is 16.5. The zero-order chi connectivity index (χ0) is 30.5. The largest absolute Gasteiger partial charge is 0.497 e. The number of methoxy groups -OCH3 is 1. The van der Waals surface area contributed by atoms with Gasteiger partial charge in [0.05, 0.1) is 42.2 Å². The molecule has 1 saturated heterocycles. The van der Waals surface area contributed by atoms with Crippen LogP contribution in [-0.2, 0) is 14.3 Å². The van der Waals surface area contributed by atoms with E-state index in [1.54, 1.807) is 51.3 Å². The second kappa shape index (κ2) is 13.3. The molecule has 10 nitrogen and oxygen atoms in total. The molecule has 11 heteroatoms. The lowest BCUT2D eigenvalue weighted by Gasteiger charge is -2.25. The van der Waals surface area contributed by atoms with Crippen LogP contribution < -0.4 is 29.1 Å². The average molecular weight is 606 g/mol. The molecule has 2 aromatic carbocycles. The summed E-state index contributed by atoms with van der Waals surface area (Å²) in [6, 6.07) is 11.9. The van der Waals surface area contributed by atoms with Gasteiger partial charge in [-0.3, -0.25) is 14.2 Å². The molecule has 0 saturated carbocycles. The van der Waals surface area contributed by atoms with E-state index in [2.05, 4.69) is 4.99 Å². The summed E-state index contributed by atoms with van der Waals surface area (Å²) in [6.07, 6.45) is 3.79. The molecule has 3 heterocycles. The van der Waals surface area contributed by atoms with Gasteiger partial charge in [0, 0.05) is 13.1 Å². The molecule has 43 heavy (non-hydrogen) atoms. The highest BCUT2D eigenvalue weighted by Crippen LogP contribution is 2.33. The first-order valence-electron chi connectivity index (χ1n) is 14.4. The number of hydrogen-bond donors (Lipinski definition) is 0. The fourth-order valence-corrected chi connectivity index (χ4v) is 6.32. The summed E-state index contributed by atoms with van der Waals surface area (Å²) in [6.45, 7) is 7.40. The Morgan fingerprint density at radius 2 is 1.84 bits per heavy atom. The molecule has 1 amide bonds. The fraction of sp³-hybridized carbons (Fsp3) is 0.375. The molecule has 1 fully saturated rings. The van der Waals surface area contributed by atoms with Crippen LogP contribution in [0.25, 0.3) is 6.08 Å². The summed E-state index contributed by atoms with van der Waals surface area (Å²) in [5.74, 6) is 0.971. The minimum absolute atomic E-state index is 0.0480. The van der Waals surface area contributed by atoms with Crippen LogP contribution in [0.5, 0.6) is 17.2 Å². The zero-order valence-electron chi connectivity index (χ0n) is 24.8. The van der Waals surface area contributed by atoms with Crippen molar-refractivity contribution in [3.05, 3.63) is 84.5 Å². The van der Waals surface area contributed by atoms with Crippen molar-refractivity contribution in [3.63, 3.8) is 0 Å². The van der Waals surface area contributed by atoms with Gasteiger partial charge in [-0.05, 0) is 75.1 Å². The van der Waals surface area contributed by atoms with E-state index in [0.29, 0.717) is 55.6 Å². The maximum absolute atomic E-state index is 13.9. The maximum Gasteiger partial charge on any atom is 0.338 e. The Hall–Kier alpha value is -4.38. The number of allylic oxidation sites excluding steroid dienone is 1. The predicted octanol–water partition coefficient (Wildman–Crippen LogP) is 3.21. The van der Waals surface area contributed by atoms with Crippen molar-refractivity contribution in [3.8, 4) is 17.2 Å². The number of amides is 1. The number of thiazole rings is 1. The number of esters is 1. The van der Waals surface area contributed by atoms with Gasteiger partial charge in [-0.15, -0.1) is 0 Å². The van der Waals surface area contributed by atoms with Gasteiger partial charge in [0.25, 0.3) is 11.5 Å². The summed E-state index contributed by atoms with van der Waals surface area (Å²) < 4.78 is 24.4. The number of nitrogens with zero attached hydrogens (tertiary/aromatic N) is 3. The van der Waals surface area contributed by atoms with Crippen LogP contribution in [-0.4, -0.2) is 61.4 Å². The second-order valence-corrected chi connectivity index (χ2v) is 11.1. The van der Waals surface area contributed by atoms with E-state index >= 15 is 0 Å². The highest BCUT2D eigenvalue weighted by Gasteiger charge is 2.33. The number of ether oxygens (including phenoxy) is 4. The van der Waals surface area contributed by atoms with Crippen LogP contribution in [0.3, 0.4) is 0 Å². The van der Waals surface area contributed by atoms with E-state index in [1.165, 1.54) is 15.9 Å². The van der Waals surface area contributed by atoms with Crippen molar-refractivity contribution in [2.75, 3.05) is 40.0 Å². The summed E-state index contributed by atoms with van der Waals surface area (Å²) in [5.41, 5.74) is 1.92. The maximum atomic E-state index is 13.9. The number of rotatable bonds is 10. The van der Waals surface area contributed by atoms with Crippen molar-refractivity contribution in [2.45, 2.75) is 39.7 Å². The SMILES string of the molecule is CCOC(=O)C1=C(C)N=c2s/c(=C/c3ccc(OCC(=O)N4CCCC4)c(OCC)c3)c(=O)n2[C@H]1c1cccc(OC)c1. The van der Waals surface area contributed by atoms with Crippen molar-refractivity contribution in [2.24, 2.45) is 4.99 Å². The molecular weight excluding hydrogens is 570 g/mol. The highest BCUT2D eigenvalue weighted by molar-refractivity contribution is 7.07. The lowest BCUT2D eigenvalue weighted by Crippen LogP contribution is -2.39. The number of benzene rings is 2. The van der Waals surface area contributed by atoms with Gasteiger partial charge < -0.3 is 23.8 Å². The van der Waals surface area contributed by atoms with Gasteiger partial charge in [0.2, 0.25) is 0 Å². The molecule has 0 unspecified atom stereocenters. The fourth-order valence-electron chi connectivity index (χ4n) is 5.27. The Kier molecular flexibility index (Phi) is 9.30. The molecule has 0 spiro atoms. The second-order valence-electron chi connectivity index (χ2n) is 10.1. The zero-order valence-corrected chi connectivity index (χ0v) is 25.6. The van der Waals surface area contributed by atoms with Gasteiger partial charge in [-0.25, -0.2) is 9.79 Å². The van der Waals surface area contributed by atoms with Crippen molar-refractivity contribution in [1.29, 1.82) is 0 Å². The molecule has 226 valence electrons. The number of likely N-dealkylation sites (tertiary alicyclic amines) is 1. The summed E-state index contributed by atoms with van der Waals surface area (Å²) in [4.78, 5) is 46.5. The average Bonchev–Trinajstić information content (AvgIpc) is 3.65. The van der Waals surface area contributed by atoms with Crippen LogP contribution in [0.1, 0.15) is 50.8 Å². The van der Waals surface area contributed by atoms with E-state index in [4.69, 9.17) is 18.9 Å².